The fraction of sp³-hybridized carbons (Fsp3) is 0.133. The SMILES string of the molecule is O=C(O)c1ccc(N2C=CC=NC2)c(N2C=CC=NC2)c1. The van der Waals surface area contributed by atoms with Gasteiger partial charge in [0, 0.05) is 24.8 Å². The van der Waals surface area contributed by atoms with Crippen molar-refractivity contribution in [2.45, 2.75) is 0 Å². The van der Waals surface area contributed by atoms with E-state index in [0.29, 0.717) is 13.3 Å². The van der Waals surface area contributed by atoms with Crippen LogP contribution in [0.4, 0.5) is 11.4 Å². The number of carboxylic acids is 1. The number of aliphatic imine (C=N–C) groups is 2. The zero-order valence-corrected chi connectivity index (χ0v) is 11.3. The monoisotopic (exact) mass is 282 g/mol. The molecule has 6 nitrogen and oxygen atoms in total. The smallest absolute Gasteiger partial charge is 0.335 e. The van der Waals surface area contributed by atoms with Crippen LogP contribution in [0.15, 0.2) is 52.7 Å². The number of hydrogen-bond donors (Lipinski definition) is 1. The topological polar surface area (TPSA) is 68.5 Å². The summed E-state index contributed by atoms with van der Waals surface area (Å²) >= 11 is 0. The van der Waals surface area contributed by atoms with Crippen LogP contribution in [0.3, 0.4) is 0 Å². The van der Waals surface area contributed by atoms with Crippen LogP contribution >= 0.6 is 0 Å². The highest BCUT2D eigenvalue weighted by atomic mass is 16.4. The van der Waals surface area contributed by atoms with Crippen molar-refractivity contribution in [3.8, 4) is 0 Å². The number of rotatable bonds is 3. The number of hydrogen-bond acceptors (Lipinski definition) is 5. The lowest BCUT2D eigenvalue weighted by Crippen LogP contribution is -2.25. The van der Waals surface area contributed by atoms with Gasteiger partial charge in [-0.1, -0.05) is 0 Å². The molecule has 0 saturated heterocycles. The molecule has 0 bridgehead atoms. The Balaban J connectivity index is 2.03. The maximum atomic E-state index is 11.2. The summed E-state index contributed by atoms with van der Waals surface area (Å²) in [7, 11) is 0. The molecule has 1 N–H and O–H groups in total. The quantitative estimate of drug-likeness (QED) is 0.922. The van der Waals surface area contributed by atoms with Crippen molar-refractivity contribution in [1.82, 2.24) is 0 Å². The molecule has 6 heteroatoms. The average Bonchev–Trinajstić information content (AvgIpc) is 2.56. The number of allylic oxidation sites excluding steroid dienone is 2. The van der Waals surface area contributed by atoms with Gasteiger partial charge in [0.2, 0.25) is 0 Å². The largest absolute Gasteiger partial charge is 0.478 e. The van der Waals surface area contributed by atoms with Gasteiger partial charge in [0.15, 0.2) is 0 Å². The predicted octanol–water partition coefficient (Wildman–Crippen LogP) is 2.11. The van der Waals surface area contributed by atoms with Crippen LogP contribution in [0, 0.1) is 0 Å². The van der Waals surface area contributed by atoms with Gasteiger partial charge in [-0.15, -0.1) is 0 Å². The second-order valence-corrected chi connectivity index (χ2v) is 4.58. The number of carbonyl (C=O) groups is 1. The highest BCUT2D eigenvalue weighted by Crippen LogP contribution is 2.32. The van der Waals surface area contributed by atoms with Crippen molar-refractivity contribution in [1.29, 1.82) is 0 Å². The molecular formula is C15H14N4O2. The van der Waals surface area contributed by atoms with E-state index in [1.807, 2.05) is 34.4 Å². The first-order valence-electron chi connectivity index (χ1n) is 6.49. The van der Waals surface area contributed by atoms with Crippen molar-refractivity contribution < 1.29 is 9.90 Å². The Labute approximate surface area is 122 Å². The predicted molar refractivity (Wildman–Crippen MR) is 83.4 cm³/mol. The van der Waals surface area contributed by atoms with Gasteiger partial charge in [0.05, 0.1) is 16.9 Å². The van der Waals surface area contributed by atoms with Gasteiger partial charge >= 0.3 is 5.97 Å². The van der Waals surface area contributed by atoms with Crippen LogP contribution in [0.2, 0.25) is 0 Å². The van der Waals surface area contributed by atoms with Gasteiger partial charge in [-0.3, -0.25) is 9.98 Å². The molecule has 0 fully saturated rings. The molecule has 1 aromatic carbocycles. The molecule has 0 spiro atoms. The molecule has 0 saturated carbocycles. The second-order valence-electron chi connectivity index (χ2n) is 4.58. The summed E-state index contributed by atoms with van der Waals surface area (Å²) in [6, 6.07) is 5.06. The minimum absolute atomic E-state index is 0.251. The number of benzene rings is 1. The molecule has 0 unspecified atom stereocenters. The van der Waals surface area contributed by atoms with Crippen molar-refractivity contribution in [2.24, 2.45) is 9.98 Å². The highest BCUT2D eigenvalue weighted by Gasteiger charge is 2.17. The van der Waals surface area contributed by atoms with E-state index in [0.717, 1.165) is 11.4 Å². The summed E-state index contributed by atoms with van der Waals surface area (Å²) in [6.07, 6.45) is 10.9. The van der Waals surface area contributed by atoms with E-state index < -0.39 is 5.97 Å². The van der Waals surface area contributed by atoms with Crippen LogP contribution in [0.25, 0.3) is 0 Å². The van der Waals surface area contributed by atoms with Gasteiger partial charge < -0.3 is 14.9 Å². The molecule has 2 aliphatic heterocycles. The zero-order chi connectivity index (χ0) is 14.7. The first-order chi connectivity index (χ1) is 10.3. The number of carboxylic acid groups (broad SMARTS) is 1. The molecule has 0 aromatic heterocycles. The minimum atomic E-state index is -0.945. The number of nitrogens with zero attached hydrogens (tertiary/aromatic N) is 4. The zero-order valence-electron chi connectivity index (χ0n) is 11.3. The Bertz CT molecular complexity index is 676. The van der Waals surface area contributed by atoms with Gasteiger partial charge in [-0.05, 0) is 30.4 Å². The van der Waals surface area contributed by atoms with Crippen LogP contribution in [-0.2, 0) is 0 Å². The highest BCUT2D eigenvalue weighted by molar-refractivity contribution is 5.92. The molecule has 21 heavy (non-hydrogen) atoms. The molecule has 0 amide bonds. The molecule has 0 aliphatic carbocycles. The number of aromatic carboxylic acids is 1. The third kappa shape index (κ3) is 2.69. The first kappa shape index (κ1) is 13.1. The van der Waals surface area contributed by atoms with Crippen molar-refractivity contribution in [3.63, 3.8) is 0 Å². The Morgan fingerprint density at radius 3 is 2.14 bits per heavy atom. The van der Waals surface area contributed by atoms with Gasteiger partial charge in [-0.2, -0.15) is 0 Å². The van der Waals surface area contributed by atoms with Gasteiger partial charge in [-0.25, -0.2) is 4.79 Å². The summed E-state index contributed by atoms with van der Waals surface area (Å²) in [4.78, 5) is 23.5. The summed E-state index contributed by atoms with van der Waals surface area (Å²) in [5.41, 5.74) is 1.95. The fourth-order valence-corrected chi connectivity index (χ4v) is 2.21. The fourth-order valence-electron chi connectivity index (χ4n) is 2.21. The molecule has 2 heterocycles. The normalized spacial score (nSPS) is 16.6. The average molecular weight is 282 g/mol. The van der Waals surface area contributed by atoms with Crippen LogP contribution < -0.4 is 9.80 Å². The van der Waals surface area contributed by atoms with Crippen LogP contribution in [-0.4, -0.2) is 36.8 Å². The summed E-state index contributed by atoms with van der Waals surface area (Å²) in [5.74, 6) is -0.945. The van der Waals surface area contributed by atoms with E-state index in [-0.39, 0.29) is 5.56 Å². The van der Waals surface area contributed by atoms with E-state index in [9.17, 15) is 9.90 Å². The maximum absolute atomic E-state index is 11.2. The Morgan fingerprint density at radius 2 is 1.62 bits per heavy atom. The Kier molecular flexibility index (Phi) is 3.51. The maximum Gasteiger partial charge on any atom is 0.335 e. The van der Waals surface area contributed by atoms with Crippen LogP contribution in [0.5, 0.6) is 0 Å². The van der Waals surface area contributed by atoms with E-state index in [1.54, 1.807) is 30.6 Å². The van der Waals surface area contributed by atoms with Crippen molar-refractivity contribution >= 4 is 29.8 Å². The van der Waals surface area contributed by atoms with E-state index >= 15 is 0 Å². The van der Waals surface area contributed by atoms with E-state index in [1.165, 1.54) is 0 Å². The molecule has 0 radical (unpaired) electrons. The lowest BCUT2D eigenvalue weighted by Gasteiger charge is -2.28. The summed E-state index contributed by atoms with van der Waals surface area (Å²) < 4.78 is 0. The first-order valence-corrected chi connectivity index (χ1v) is 6.49. The number of anilines is 2. The Morgan fingerprint density at radius 1 is 1.00 bits per heavy atom. The van der Waals surface area contributed by atoms with E-state index in [4.69, 9.17) is 0 Å². The third-order valence-corrected chi connectivity index (χ3v) is 3.22. The Hall–Kier alpha value is -2.89. The van der Waals surface area contributed by atoms with Gasteiger partial charge in [0.1, 0.15) is 13.3 Å². The molecular weight excluding hydrogens is 268 g/mol. The molecule has 1 aromatic rings. The summed E-state index contributed by atoms with van der Waals surface area (Å²) in [6.45, 7) is 0.976. The molecule has 3 rings (SSSR count). The van der Waals surface area contributed by atoms with Gasteiger partial charge in [0.25, 0.3) is 0 Å². The van der Waals surface area contributed by atoms with Crippen molar-refractivity contribution in [2.75, 3.05) is 23.1 Å². The van der Waals surface area contributed by atoms with E-state index in [2.05, 4.69) is 9.98 Å². The standard InChI is InChI=1S/C15H14N4O2/c20-15(21)12-3-4-13(18-7-1-5-16-10-18)14(9-12)19-8-2-6-17-11-19/h1-9H,10-11H2,(H,20,21). The second kappa shape index (κ2) is 5.62. The lowest BCUT2D eigenvalue weighted by atomic mass is 10.1. The summed E-state index contributed by atoms with van der Waals surface area (Å²) in [5, 5.41) is 9.19. The van der Waals surface area contributed by atoms with Crippen molar-refractivity contribution in [3.05, 3.63) is 48.3 Å². The molecule has 0 atom stereocenters. The molecule has 2 aliphatic rings. The molecule has 106 valence electrons. The lowest BCUT2D eigenvalue weighted by molar-refractivity contribution is 0.0697. The third-order valence-electron chi connectivity index (χ3n) is 3.22. The van der Waals surface area contributed by atoms with Crippen LogP contribution in [0.1, 0.15) is 10.4 Å². The minimum Gasteiger partial charge on any atom is -0.478 e.